The summed E-state index contributed by atoms with van der Waals surface area (Å²) in [4.78, 5) is 28.4. The number of aromatic nitrogens is 2. The summed E-state index contributed by atoms with van der Waals surface area (Å²) in [5, 5.41) is 13.2. The third-order valence-electron chi connectivity index (χ3n) is 6.13. The zero-order valence-electron chi connectivity index (χ0n) is 21.8. The number of benzene rings is 2. The van der Waals surface area contributed by atoms with Crippen LogP contribution in [0, 0.1) is 0 Å². The van der Waals surface area contributed by atoms with Crippen molar-refractivity contribution in [2.24, 2.45) is 0 Å². The average Bonchev–Trinajstić information content (AvgIpc) is 3.15. The van der Waals surface area contributed by atoms with Gasteiger partial charge in [-0.25, -0.2) is 13.8 Å². The minimum atomic E-state index is -4.34. The molecule has 214 valence electrons. The number of halogens is 1. The molecule has 2 heterocycles. The standard InChI is InChI=1S/C26H30FN4O8P/c1-17(23(33)36-15-18-9-5-3-6-10-18)30-40(35,39-19-11-7-4-8-12-19)37-16-20-22(32)26(2,27)24(38-20)31-14-13-21(28)29-25(31)34/h3-14,17,20,22,24,32H,15-16H2,1-2H3,(H,30,35)(H2,28,29,34)/t17-,20+,22?,24+,26?,40?/m0/s1. The van der Waals surface area contributed by atoms with Crippen LogP contribution in [0.25, 0.3) is 0 Å². The molecule has 3 unspecified atom stereocenters. The van der Waals surface area contributed by atoms with Crippen LogP contribution in [-0.2, 0) is 30.0 Å². The van der Waals surface area contributed by atoms with E-state index in [2.05, 4.69) is 10.1 Å². The molecule has 1 fully saturated rings. The van der Waals surface area contributed by atoms with Crippen LogP contribution in [0.4, 0.5) is 10.2 Å². The molecule has 4 rings (SSSR count). The molecule has 12 nitrogen and oxygen atoms in total. The first-order valence-corrected chi connectivity index (χ1v) is 13.9. The second kappa shape index (κ2) is 12.3. The zero-order chi connectivity index (χ0) is 28.9. The molecule has 1 saturated heterocycles. The minimum Gasteiger partial charge on any atom is -0.460 e. The molecule has 1 aliphatic heterocycles. The van der Waals surface area contributed by atoms with Crippen molar-refractivity contribution >= 4 is 19.5 Å². The summed E-state index contributed by atoms with van der Waals surface area (Å²) < 4.78 is 52.2. The van der Waals surface area contributed by atoms with Crippen LogP contribution < -0.4 is 21.0 Å². The number of esters is 1. The smallest absolute Gasteiger partial charge is 0.459 e. The van der Waals surface area contributed by atoms with E-state index in [0.29, 0.717) is 0 Å². The van der Waals surface area contributed by atoms with Crippen molar-refractivity contribution in [3.63, 3.8) is 0 Å². The van der Waals surface area contributed by atoms with Crippen LogP contribution in [0.15, 0.2) is 77.7 Å². The van der Waals surface area contributed by atoms with Gasteiger partial charge in [0.2, 0.25) is 0 Å². The van der Waals surface area contributed by atoms with E-state index < -0.39 is 56.2 Å². The molecule has 2 aromatic carbocycles. The lowest BCUT2D eigenvalue weighted by Gasteiger charge is -2.25. The van der Waals surface area contributed by atoms with Crippen LogP contribution in [0.3, 0.4) is 0 Å². The lowest BCUT2D eigenvalue weighted by molar-refractivity contribution is -0.146. The number of carbonyl (C=O) groups is 1. The SMILES string of the molecule is C[C@H](NP(=O)(OC[C@H]1O[C@@H](n2ccc(N)nc2=O)C(C)(F)C1O)Oc1ccccc1)C(=O)OCc1ccccc1. The second-order valence-corrected chi connectivity index (χ2v) is 11.0. The van der Waals surface area contributed by atoms with Crippen molar-refractivity contribution in [1.29, 1.82) is 0 Å². The molecule has 3 aromatic rings. The largest absolute Gasteiger partial charge is 0.460 e. The molecule has 0 radical (unpaired) electrons. The fourth-order valence-corrected chi connectivity index (χ4v) is 5.48. The Morgan fingerprint density at radius 2 is 1.88 bits per heavy atom. The number of carbonyl (C=O) groups excluding carboxylic acids is 1. The van der Waals surface area contributed by atoms with Crippen LogP contribution >= 0.6 is 7.75 Å². The normalized spacial score (nSPS) is 24.6. The number of anilines is 1. The van der Waals surface area contributed by atoms with E-state index in [0.717, 1.165) is 17.1 Å². The van der Waals surface area contributed by atoms with Crippen molar-refractivity contribution in [2.75, 3.05) is 12.3 Å². The van der Waals surface area contributed by atoms with Crippen LogP contribution in [0.1, 0.15) is 25.6 Å². The predicted octanol–water partition coefficient (Wildman–Crippen LogP) is 2.74. The average molecular weight is 577 g/mol. The van der Waals surface area contributed by atoms with E-state index in [9.17, 15) is 19.3 Å². The van der Waals surface area contributed by atoms with E-state index in [-0.39, 0.29) is 18.2 Å². The number of hydrogen-bond acceptors (Lipinski definition) is 10. The van der Waals surface area contributed by atoms with Gasteiger partial charge in [0.15, 0.2) is 11.9 Å². The Labute approximate surface area is 229 Å². The topological polar surface area (TPSA) is 164 Å². The van der Waals surface area contributed by atoms with Crippen molar-refractivity contribution in [2.45, 2.75) is 50.6 Å². The summed E-state index contributed by atoms with van der Waals surface area (Å²) in [6, 6.07) is 17.2. The van der Waals surface area contributed by atoms with Gasteiger partial charge in [-0.15, -0.1) is 0 Å². The van der Waals surface area contributed by atoms with Crippen LogP contribution in [0.5, 0.6) is 5.75 Å². The Bertz CT molecular complexity index is 1410. The molecule has 4 N–H and O–H groups in total. The molecule has 0 amide bonds. The van der Waals surface area contributed by atoms with Gasteiger partial charge >= 0.3 is 19.4 Å². The molecule has 0 spiro atoms. The third kappa shape index (κ3) is 6.93. The summed E-state index contributed by atoms with van der Waals surface area (Å²) >= 11 is 0. The summed E-state index contributed by atoms with van der Waals surface area (Å²) in [6.45, 7) is 1.83. The number of nitrogens with zero attached hydrogens (tertiary/aromatic N) is 2. The number of nitrogens with one attached hydrogen (secondary N) is 1. The van der Waals surface area contributed by atoms with E-state index >= 15 is 4.39 Å². The molecule has 40 heavy (non-hydrogen) atoms. The van der Waals surface area contributed by atoms with Gasteiger partial charge in [-0.2, -0.15) is 10.1 Å². The summed E-state index contributed by atoms with van der Waals surface area (Å²) in [7, 11) is -4.34. The fraction of sp³-hybridized carbons (Fsp3) is 0.346. The number of ether oxygens (including phenoxy) is 2. The highest BCUT2D eigenvalue weighted by atomic mass is 31.2. The summed E-state index contributed by atoms with van der Waals surface area (Å²) in [6.07, 6.45) is -3.55. The monoisotopic (exact) mass is 576 g/mol. The molecule has 1 aliphatic rings. The van der Waals surface area contributed by atoms with E-state index in [1.807, 2.05) is 6.07 Å². The number of alkyl halides is 1. The molecule has 14 heteroatoms. The number of aliphatic hydroxyl groups excluding tert-OH is 1. The van der Waals surface area contributed by atoms with Crippen molar-refractivity contribution in [1.82, 2.24) is 14.6 Å². The highest BCUT2D eigenvalue weighted by Gasteiger charge is 2.56. The highest BCUT2D eigenvalue weighted by Crippen LogP contribution is 2.47. The lowest BCUT2D eigenvalue weighted by atomic mass is 9.98. The van der Waals surface area contributed by atoms with Crippen molar-refractivity contribution < 1.29 is 37.4 Å². The third-order valence-corrected chi connectivity index (χ3v) is 7.77. The predicted molar refractivity (Wildman–Crippen MR) is 142 cm³/mol. The number of aliphatic hydroxyl groups is 1. The summed E-state index contributed by atoms with van der Waals surface area (Å²) in [5.41, 5.74) is 2.92. The van der Waals surface area contributed by atoms with Crippen LogP contribution in [-0.4, -0.2) is 51.2 Å². The van der Waals surface area contributed by atoms with Gasteiger partial charge in [0.05, 0.1) is 6.61 Å². The Morgan fingerprint density at radius 1 is 1.23 bits per heavy atom. The number of para-hydroxylation sites is 1. The maximum Gasteiger partial charge on any atom is 0.459 e. The van der Waals surface area contributed by atoms with Crippen LogP contribution in [0.2, 0.25) is 0 Å². The quantitative estimate of drug-likeness (QED) is 0.227. The van der Waals surface area contributed by atoms with Gasteiger partial charge in [0.1, 0.15) is 36.4 Å². The number of hydrogen-bond donors (Lipinski definition) is 3. The molecular weight excluding hydrogens is 546 g/mol. The maximum absolute atomic E-state index is 15.6. The minimum absolute atomic E-state index is 0.00562. The van der Waals surface area contributed by atoms with Gasteiger partial charge in [0.25, 0.3) is 0 Å². The van der Waals surface area contributed by atoms with E-state index in [1.165, 1.54) is 31.3 Å². The fourth-order valence-electron chi connectivity index (χ4n) is 3.98. The highest BCUT2D eigenvalue weighted by molar-refractivity contribution is 7.52. The molecule has 0 bridgehead atoms. The Morgan fingerprint density at radius 3 is 2.52 bits per heavy atom. The van der Waals surface area contributed by atoms with E-state index in [1.54, 1.807) is 42.5 Å². The summed E-state index contributed by atoms with van der Waals surface area (Å²) in [5.74, 6) is -0.640. The second-order valence-electron chi connectivity index (χ2n) is 9.31. The first kappa shape index (κ1) is 29.4. The number of nitrogen functional groups attached to an aromatic ring is 1. The molecule has 0 saturated carbocycles. The molecule has 1 aromatic heterocycles. The van der Waals surface area contributed by atoms with Gasteiger partial charge in [-0.05, 0) is 37.6 Å². The Balaban J connectivity index is 1.47. The van der Waals surface area contributed by atoms with E-state index in [4.69, 9.17) is 24.3 Å². The van der Waals surface area contributed by atoms with Crippen molar-refractivity contribution in [3.05, 3.63) is 89.0 Å². The first-order chi connectivity index (χ1) is 19.0. The molecule has 0 aliphatic carbocycles. The first-order valence-electron chi connectivity index (χ1n) is 12.3. The Hall–Kier alpha value is -3.61. The van der Waals surface area contributed by atoms with Gasteiger partial charge < -0.3 is 24.8 Å². The molecular formula is C26H30FN4O8P. The molecule has 6 atom stereocenters. The maximum atomic E-state index is 15.6. The van der Waals surface area contributed by atoms with Gasteiger partial charge in [-0.3, -0.25) is 13.9 Å². The Kier molecular flexibility index (Phi) is 9.02. The number of rotatable bonds is 11. The van der Waals surface area contributed by atoms with Gasteiger partial charge in [0, 0.05) is 6.20 Å². The zero-order valence-corrected chi connectivity index (χ0v) is 22.6. The van der Waals surface area contributed by atoms with Gasteiger partial charge in [-0.1, -0.05) is 48.5 Å². The van der Waals surface area contributed by atoms with Crippen molar-refractivity contribution in [3.8, 4) is 5.75 Å². The number of nitrogens with two attached hydrogens (primary N) is 1. The lowest BCUT2D eigenvalue weighted by Crippen LogP contribution is -2.43.